The van der Waals surface area contributed by atoms with E-state index in [1.165, 1.54) is 0 Å². The summed E-state index contributed by atoms with van der Waals surface area (Å²) >= 11 is 0. The molecule has 1 rings (SSSR count). The molecular weight excluding hydrogens is 236 g/mol. The van der Waals surface area contributed by atoms with Crippen LogP contribution in [0.2, 0.25) is 0 Å². The van der Waals surface area contributed by atoms with Crippen LogP contribution in [0.4, 0.5) is 0 Å². The highest BCUT2D eigenvalue weighted by atomic mass is 16.1. The monoisotopic (exact) mass is 254 g/mol. The van der Waals surface area contributed by atoms with Crippen LogP contribution in [0.25, 0.3) is 0 Å². The van der Waals surface area contributed by atoms with Crippen LogP contribution in [0.3, 0.4) is 0 Å². The first kappa shape index (κ1) is 14.8. The summed E-state index contributed by atoms with van der Waals surface area (Å²) in [6.45, 7) is 5.50. The largest absolute Gasteiger partial charge is 0.340 e. The number of amides is 1. The van der Waals surface area contributed by atoms with Crippen LogP contribution in [0.5, 0.6) is 0 Å². The third-order valence-electron chi connectivity index (χ3n) is 2.59. The number of carbonyl (C=O) groups is 1. The average molecular weight is 254 g/mol. The number of nitrogens with zero attached hydrogens (tertiary/aromatic N) is 1. The zero-order valence-corrected chi connectivity index (χ0v) is 11.6. The molecule has 3 nitrogen and oxygen atoms in total. The Morgan fingerprint density at radius 2 is 2.16 bits per heavy atom. The maximum atomic E-state index is 11.8. The molecule has 0 radical (unpaired) electrons. The molecule has 0 aromatic heterocycles. The van der Waals surface area contributed by atoms with E-state index in [2.05, 4.69) is 23.2 Å². The molecule has 0 aliphatic carbocycles. The summed E-state index contributed by atoms with van der Waals surface area (Å²) < 4.78 is 0. The lowest BCUT2D eigenvalue weighted by Gasteiger charge is -2.19. The number of rotatable bonds is 4. The van der Waals surface area contributed by atoms with E-state index in [4.69, 9.17) is 5.26 Å². The fourth-order valence-electron chi connectivity index (χ4n) is 1.81. The number of hydrogen-bond donors (Lipinski definition) is 1. The van der Waals surface area contributed by atoms with Crippen LogP contribution < -0.4 is 5.32 Å². The highest BCUT2D eigenvalue weighted by Crippen LogP contribution is 2.08. The summed E-state index contributed by atoms with van der Waals surface area (Å²) in [5, 5.41) is 11.7. The second-order valence-corrected chi connectivity index (χ2v) is 4.86. The Kier molecular flexibility index (Phi) is 5.15. The first-order valence-electron chi connectivity index (χ1n) is 6.21. The second-order valence-electron chi connectivity index (χ2n) is 4.86. The van der Waals surface area contributed by atoms with Crippen molar-refractivity contribution in [1.82, 2.24) is 5.32 Å². The van der Waals surface area contributed by atoms with E-state index in [0.717, 1.165) is 5.56 Å². The number of benzene rings is 1. The molecule has 1 N–H and O–H groups in total. The van der Waals surface area contributed by atoms with Gasteiger partial charge in [-0.1, -0.05) is 18.1 Å². The molecule has 0 heterocycles. The molecule has 0 bridgehead atoms. The van der Waals surface area contributed by atoms with Gasteiger partial charge in [0.1, 0.15) is 0 Å². The van der Waals surface area contributed by atoms with Crippen LogP contribution in [0.15, 0.2) is 24.3 Å². The molecule has 0 unspecified atom stereocenters. The smallest absolute Gasteiger partial charge is 0.221 e. The molecule has 1 aromatic carbocycles. The quantitative estimate of drug-likeness (QED) is 0.839. The second kappa shape index (κ2) is 6.61. The van der Waals surface area contributed by atoms with Crippen molar-refractivity contribution in [1.29, 1.82) is 5.26 Å². The standard InChI is InChI=1S/C16H18N2O/c1-4-10-16(2,3)18-15(19)9-8-13-6-5-7-14(11-13)12-17/h5-7,11H,8-9H2,1-3H3,(H,18,19). The van der Waals surface area contributed by atoms with Crippen LogP contribution in [0, 0.1) is 23.2 Å². The van der Waals surface area contributed by atoms with Crippen molar-refractivity contribution < 1.29 is 4.79 Å². The van der Waals surface area contributed by atoms with Gasteiger partial charge in [0.15, 0.2) is 0 Å². The Labute approximate surface area is 114 Å². The minimum atomic E-state index is -0.500. The van der Waals surface area contributed by atoms with Crippen molar-refractivity contribution in [2.45, 2.75) is 39.2 Å². The Morgan fingerprint density at radius 1 is 1.42 bits per heavy atom. The molecule has 1 amide bonds. The number of hydrogen-bond acceptors (Lipinski definition) is 2. The molecule has 19 heavy (non-hydrogen) atoms. The van der Waals surface area contributed by atoms with Crippen LogP contribution in [-0.2, 0) is 11.2 Å². The molecule has 0 saturated heterocycles. The average Bonchev–Trinajstić information content (AvgIpc) is 2.36. The van der Waals surface area contributed by atoms with E-state index in [0.29, 0.717) is 18.4 Å². The van der Waals surface area contributed by atoms with Crippen molar-refractivity contribution in [3.05, 3.63) is 35.4 Å². The lowest BCUT2D eigenvalue weighted by molar-refractivity contribution is -0.122. The van der Waals surface area contributed by atoms with Gasteiger partial charge in [0, 0.05) is 6.42 Å². The van der Waals surface area contributed by atoms with Gasteiger partial charge in [-0.15, -0.1) is 5.92 Å². The number of aryl methyl sites for hydroxylation is 1. The van der Waals surface area contributed by atoms with E-state index in [1.54, 1.807) is 13.0 Å². The number of carbonyl (C=O) groups excluding carboxylic acids is 1. The van der Waals surface area contributed by atoms with Crippen molar-refractivity contribution in [2.75, 3.05) is 0 Å². The Hall–Kier alpha value is -2.26. The summed E-state index contributed by atoms with van der Waals surface area (Å²) in [6.07, 6.45) is 1.01. The zero-order chi connectivity index (χ0) is 14.3. The molecule has 0 aliphatic heterocycles. The summed E-state index contributed by atoms with van der Waals surface area (Å²) in [5.74, 6) is 5.71. The molecule has 1 aromatic rings. The first-order valence-corrected chi connectivity index (χ1v) is 6.21. The van der Waals surface area contributed by atoms with Crippen LogP contribution >= 0.6 is 0 Å². The van der Waals surface area contributed by atoms with Gasteiger partial charge in [-0.3, -0.25) is 4.79 Å². The molecule has 98 valence electrons. The normalized spacial score (nSPS) is 10.0. The van der Waals surface area contributed by atoms with E-state index in [-0.39, 0.29) is 5.91 Å². The maximum Gasteiger partial charge on any atom is 0.221 e. The summed E-state index contributed by atoms with van der Waals surface area (Å²) in [7, 11) is 0. The Morgan fingerprint density at radius 3 is 2.79 bits per heavy atom. The van der Waals surface area contributed by atoms with E-state index < -0.39 is 5.54 Å². The van der Waals surface area contributed by atoms with Gasteiger partial charge in [-0.2, -0.15) is 5.26 Å². The highest BCUT2D eigenvalue weighted by Gasteiger charge is 2.16. The minimum Gasteiger partial charge on any atom is -0.340 e. The van der Waals surface area contributed by atoms with Gasteiger partial charge in [-0.25, -0.2) is 0 Å². The molecule has 0 saturated carbocycles. The Bertz CT molecular complexity index is 556. The van der Waals surface area contributed by atoms with Gasteiger partial charge in [0.05, 0.1) is 17.2 Å². The molecule has 3 heteroatoms. The topological polar surface area (TPSA) is 52.9 Å². The maximum absolute atomic E-state index is 11.8. The highest BCUT2D eigenvalue weighted by molar-refractivity contribution is 5.77. The number of nitriles is 1. The van der Waals surface area contributed by atoms with E-state index >= 15 is 0 Å². The molecule has 0 atom stereocenters. The summed E-state index contributed by atoms with van der Waals surface area (Å²) in [6, 6.07) is 9.41. The SMILES string of the molecule is CC#CC(C)(C)NC(=O)CCc1cccc(C#N)c1. The lowest BCUT2D eigenvalue weighted by atomic mass is 10.0. The van der Waals surface area contributed by atoms with Gasteiger partial charge >= 0.3 is 0 Å². The van der Waals surface area contributed by atoms with E-state index in [9.17, 15) is 4.79 Å². The van der Waals surface area contributed by atoms with Crippen molar-refractivity contribution in [2.24, 2.45) is 0 Å². The third kappa shape index (κ3) is 5.27. The fraction of sp³-hybridized carbons (Fsp3) is 0.375. The van der Waals surface area contributed by atoms with Gasteiger partial charge in [-0.05, 0) is 44.9 Å². The van der Waals surface area contributed by atoms with Gasteiger partial charge < -0.3 is 5.32 Å². The molecule has 0 aliphatic rings. The number of nitrogens with one attached hydrogen (secondary N) is 1. The summed E-state index contributed by atoms with van der Waals surface area (Å²) in [4.78, 5) is 11.8. The van der Waals surface area contributed by atoms with Crippen molar-refractivity contribution in [3.63, 3.8) is 0 Å². The van der Waals surface area contributed by atoms with Crippen molar-refractivity contribution >= 4 is 5.91 Å². The fourth-order valence-corrected chi connectivity index (χ4v) is 1.81. The first-order chi connectivity index (χ1) is 8.96. The van der Waals surface area contributed by atoms with Crippen LogP contribution in [0.1, 0.15) is 38.3 Å². The lowest BCUT2D eigenvalue weighted by Crippen LogP contribution is -2.42. The molecular formula is C16H18N2O. The van der Waals surface area contributed by atoms with E-state index in [1.807, 2.05) is 32.0 Å². The van der Waals surface area contributed by atoms with Gasteiger partial charge in [0.2, 0.25) is 5.91 Å². The minimum absolute atomic E-state index is 0.0323. The predicted octanol–water partition coefficient (Wildman–Crippen LogP) is 2.41. The summed E-state index contributed by atoms with van der Waals surface area (Å²) in [5.41, 5.74) is 1.11. The molecule has 0 fully saturated rings. The van der Waals surface area contributed by atoms with Crippen LogP contribution in [-0.4, -0.2) is 11.4 Å². The Balaban J connectivity index is 2.54. The van der Waals surface area contributed by atoms with Crippen molar-refractivity contribution in [3.8, 4) is 17.9 Å². The third-order valence-corrected chi connectivity index (χ3v) is 2.59. The molecule has 0 spiro atoms. The zero-order valence-electron chi connectivity index (χ0n) is 11.6. The predicted molar refractivity (Wildman–Crippen MR) is 75.1 cm³/mol. The van der Waals surface area contributed by atoms with Gasteiger partial charge in [0.25, 0.3) is 0 Å².